The van der Waals surface area contributed by atoms with Gasteiger partial charge >= 0.3 is 35.5 Å². The van der Waals surface area contributed by atoms with E-state index in [0.717, 1.165) is 0 Å². The molecule has 0 aromatic heterocycles. The number of aliphatic carboxylic acids is 1. The average molecular weight is 202 g/mol. The van der Waals surface area contributed by atoms with Gasteiger partial charge in [-0.2, -0.15) is 0 Å². The van der Waals surface area contributed by atoms with Crippen LogP contribution in [0.5, 0.6) is 0 Å². The van der Waals surface area contributed by atoms with Crippen LogP contribution in [0.4, 0.5) is 0 Å². The molecule has 0 aliphatic heterocycles. The molecular weight excluding hydrogens is 187 g/mol. The summed E-state index contributed by atoms with van der Waals surface area (Å²) in [6, 6.07) is 0. The Labute approximate surface area is 99.6 Å². The van der Waals surface area contributed by atoms with Crippen LogP contribution in [0.15, 0.2) is 0 Å². The summed E-state index contributed by atoms with van der Waals surface area (Å²) >= 11 is 0. The van der Waals surface area contributed by atoms with Crippen LogP contribution < -0.4 is 0 Å². The summed E-state index contributed by atoms with van der Waals surface area (Å²) in [6.07, 6.45) is 0. The number of rotatable bonds is 8. The molecule has 0 aromatic carbocycles. The van der Waals surface area contributed by atoms with Crippen LogP contribution in [0.2, 0.25) is 0 Å². The molecule has 0 saturated heterocycles. The molecule has 0 saturated carbocycles. The molecule has 0 spiro atoms. The Morgan fingerprint density at radius 1 is 1.15 bits per heavy atom. The van der Waals surface area contributed by atoms with Gasteiger partial charge in [-0.15, -0.1) is 0 Å². The van der Waals surface area contributed by atoms with Crippen LogP contribution in [0.3, 0.4) is 0 Å². The average Bonchev–Trinajstić information content (AvgIpc) is 2.02. The van der Waals surface area contributed by atoms with Gasteiger partial charge in [-0.25, -0.2) is 4.79 Å². The number of hydrogen-bond donors (Lipinski definition) is 1. The van der Waals surface area contributed by atoms with Crippen molar-refractivity contribution in [1.82, 2.24) is 0 Å². The molecule has 0 radical (unpaired) electrons. The quantitative estimate of drug-likeness (QED) is 0.408. The number of methoxy groups -OCH3 is 1. The van der Waals surface area contributed by atoms with E-state index in [0.29, 0.717) is 26.4 Å². The minimum atomic E-state index is -0.966. The summed E-state index contributed by atoms with van der Waals surface area (Å²) in [6.45, 7) is 1.48. The molecule has 0 rings (SSSR count). The van der Waals surface area contributed by atoms with Crippen LogP contribution in [0, 0.1) is 0 Å². The van der Waals surface area contributed by atoms with Crippen LogP contribution >= 0.6 is 0 Å². The van der Waals surface area contributed by atoms with E-state index in [1.54, 1.807) is 7.11 Å². The Bertz CT molecular complexity index is 119. The van der Waals surface area contributed by atoms with Gasteiger partial charge < -0.3 is 19.3 Å². The van der Waals surface area contributed by atoms with Gasteiger partial charge in [0.25, 0.3) is 0 Å². The van der Waals surface area contributed by atoms with Crippen molar-refractivity contribution >= 4 is 35.5 Å². The van der Waals surface area contributed by atoms with Crippen molar-refractivity contribution in [2.45, 2.75) is 0 Å². The van der Waals surface area contributed by atoms with E-state index in [1.807, 2.05) is 0 Å². The molecule has 0 amide bonds. The predicted molar refractivity (Wildman–Crippen MR) is 48.3 cm³/mol. The van der Waals surface area contributed by atoms with Crippen molar-refractivity contribution in [2.75, 3.05) is 40.1 Å². The van der Waals surface area contributed by atoms with Gasteiger partial charge in [-0.05, 0) is 0 Å². The Hall–Kier alpha value is 0.350. The van der Waals surface area contributed by atoms with Crippen LogP contribution in [0.1, 0.15) is 0 Å². The third kappa shape index (κ3) is 15.1. The molecule has 1 N–H and O–H groups in total. The summed E-state index contributed by atoms with van der Waals surface area (Å²) in [5.74, 6) is -0.966. The summed E-state index contributed by atoms with van der Waals surface area (Å²) in [5, 5.41) is 8.17. The van der Waals surface area contributed by atoms with Crippen LogP contribution in [-0.2, 0) is 19.0 Å². The molecule has 0 heterocycles. The zero-order valence-corrected chi connectivity index (χ0v) is 7.12. The third-order valence-electron chi connectivity index (χ3n) is 1.03. The SMILES string of the molecule is COCCOCCOCC(=O)O.[NaH]. The molecule has 0 atom stereocenters. The topological polar surface area (TPSA) is 65.0 Å². The normalized spacial score (nSPS) is 9.31. The van der Waals surface area contributed by atoms with E-state index in [-0.39, 0.29) is 36.2 Å². The summed E-state index contributed by atoms with van der Waals surface area (Å²) < 4.78 is 14.4. The first-order valence-electron chi connectivity index (χ1n) is 3.63. The van der Waals surface area contributed by atoms with Gasteiger partial charge in [0.05, 0.1) is 26.4 Å². The Balaban J connectivity index is 0. The van der Waals surface area contributed by atoms with Crippen molar-refractivity contribution in [1.29, 1.82) is 0 Å². The standard InChI is InChI=1S/C7H14O5.Na.H/c1-10-2-3-11-4-5-12-6-7(8)9;;/h2-6H2,1H3,(H,8,9);;. The summed E-state index contributed by atoms with van der Waals surface area (Å²) in [4.78, 5) is 9.95. The van der Waals surface area contributed by atoms with E-state index >= 15 is 0 Å². The van der Waals surface area contributed by atoms with Crippen molar-refractivity contribution in [3.63, 3.8) is 0 Å². The van der Waals surface area contributed by atoms with Crippen molar-refractivity contribution < 1.29 is 24.1 Å². The molecule has 0 bridgehead atoms. The second-order valence-corrected chi connectivity index (χ2v) is 2.05. The molecule has 0 aliphatic carbocycles. The van der Waals surface area contributed by atoms with Gasteiger partial charge in [0, 0.05) is 7.11 Å². The van der Waals surface area contributed by atoms with E-state index in [4.69, 9.17) is 19.3 Å². The van der Waals surface area contributed by atoms with E-state index in [1.165, 1.54) is 0 Å². The molecule has 0 unspecified atom stereocenters. The van der Waals surface area contributed by atoms with Crippen molar-refractivity contribution in [2.24, 2.45) is 0 Å². The fourth-order valence-electron chi connectivity index (χ4n) is 0.522. The van der Waals surface area contributed by atoms with Crippen molar-refractivity contribution in [3.8, 4) is 0 Å². The molecular formula is C7H15NaO5. The van der Waals surface area contributed by atoms with Crippen LogP contribution in [0.25, 0.3) is 0 Å². The van der Waals surface area contributed by atoms with Gasteiger partial charge in [0.15, 0.2) is 0 Å². The molecule has 0 aromatic rings. The zero-order chi connectivity index (χ0) is 9.23. The van der Waals surface area contributed by atoms with Gasteiger partial charge in [-0.1, -0.05) is 0 Å². The molecule has 0 fully saturated rings. The monoisotopic (exact) mass is 202 g/mol. The molecule has 5 nitrogen and oxygen atoms in total. The zero-order valence-electron chi connectivity index (χ0n) is 7.12. The van der Waals surface area contributed by atoms with Gasteiger partial charge in [-0.3, -0.25) is 0 Å². The Kier molecular flexibility index (Phi) is 15.0. The number of ether oxygens (including phenoxy) is 3. The number of carboxylic acid groups (broad SMARTS) is 1. The number of carbonyl (C=O) groups is 1. The second kappa shape index (κ2) is 12.3. The van der Waals surface area contributed by atoms with Crippen LogP contribution in [-0.4, -0.2) is 80.8 Å². The first-order chi connectivity index (χ1) is 5.77. The first kappa shape index (κ1) is 15.8. The Morgan fingerprint density at radius 2 is 1.69 bits per heavy atom. The maximum absolute atomic E-state index is 9.95. The molecule has 74 valence electrons. The van der Waals surface area contributed by atoms with E-state index < -0.39 is 5.97 Å². The van der Waals surface area contributed by atoms with E-state index in [9.17, 15) is 4.79 Å². The van der Waals surface area contributed by atoms with Gasteiger partial charge in [0.2, 0.25) is 0 Å². The number of hydrogen-bond acceptors (Lipinski definition) is 4. The Morgan fingerprint density at radius 3 is 2.23 bits per heavy atom. The van der Waals surface area contributed by atoms with Gasteiger partial charge in [0.1, 0.15) is 6.61 Å². The third-order valence-corrected chi connectivity index (χ3v) is 1.03. The fourth-order valence-corrected chi connectivity index (χ4v) is 0.522. The van der Waals surface area contributed by atoms with Crippen molar-refractivity contribution in [3.05, 3.63) is 0 Å². The second-order valence-electron chi connectivity index (χ2n) is 2.05. The molecule has 0 aliphatic rings. The molecule has 6 heteroatoms. The fraction of sp³-hybridized carbons (Fsp3) is 0.857. The maximum atomic E-state index is 9.95. The summed E-state index contributed by atoms with van der Waals surface area (Å²) in [7, 11) is 1.59. The summed E-state index contributed by atoms with van der Waals surface area (Å²) in [5.41, 5.74) is 0. The first-order valence-corrected chi connectivity index (χ1v) is 3.63. The molecule has 13 heavy (non-hydrogen) atoms. The number of carboxylic acids is 1. The predicted octanol–water partition coefficient (Wildman–Crippen LogP) is -0.898. The minimum absolute atomic E-state index is 0. The van der Waals surface area contributed by atoms with E-state index in [2.05, 4.69) is 0 Å².